The number of aromatic hydroxyl groups is 4. The van der Waals surface area contributed by atoms with Crippen molar-refractivity contribution in [2.24, 2.45) is 0 Å². The molecule has 0 saturated carbocycles. The minimum Gasteiger partial charge on any atom is -0.507 e. The topological polar surface area (TPSA) is 120 Å². The molecule has 1 aromatic heterocycles. The second-order valence-corrected chi connectivity index (χ2v) is 5.24. The SMILES string of the molecule is COc1c(C)c(O)cc2oc(-c3ccc(O)c(O)c3)c(O)c(=O)c12. The first-order valence-electron chi connectivity index (χ1n) is 6.93. The lowest BCUT2D eigenvalue weighted by molar-refractivity contribution is 0.402. The van der Waals surface area contributed by atoms with E-state index in [0.717, 1.165) is 6.07 Å². The molecule has 0 amide bonds. The number of methoxy groups -OCH3 is 1. The van der Waals surface area contributed by atoms with Crippen LogP contribution in [0.4, 0.5) is 0 Å². The van der Waals surface area contributed by atoms with Crippen LogP contribution in [0.15, 0.2) is 33.5 Å². The molecule has 7 heteroatoms. The van der Waals surface area contributed by atoms with Crippen LogP contribution >= 0.6 is 0 Å². The molecule has 3 rings (SSSR count). The van der Waals surface area contributed by atoms with E-state index in [1.54, 1.807) is 6.92 Å². The summed E-state index contributed by atoms with van der Waals surface area (Å²) in [7, 11) is 1.34. The summed E-state index contributed by atoms with van der Waals surface area (Å²) in [6.07, 6.45) is 0. The smallest absolute Gasteiger partial charge is 0.238 e. The Labute approximate surface area is 135 Å². The largest absolute Gasteiger partial charge is 0.507 e. The van der Waals surface area contributed by atoms with Gasteiger partial charge in [0, 0.05) is 17.2 Å². The van der Waals surface area contributed by atoms with Gasteiger partial charge < -0.3 is 29.6 Å². The number of ether oxygens (including phenoxy) is 1. The van der Waals surface area contributed by atoms with Crippen LogP contribution in [0.25, 0.3) is 22.3 Å². The molecule has 2 aromatic carbocycles. The molecule has 0 spiro atoms. The van der Waals surface area contributed by atoms with Gasteiger partial charge in [0.25, 0.3) is 0 Å². The Balaban J connectivity index is 2.40. The van der Waals surface area contributed by atoms with Gasteiger partial charge >= 0.3 is 0 Å². The van der Waals surface area contributed by atoms with Gasteiger partial charge in [-0.3, -0.25) is 4.79 Å². The van der Waals surface area contributed by atoms with Crippen molar-refractivity contribution in [3.63, 3.8) is 0 Å². The molecule has 0 saturated heterocycles. The Morgan fingerprint density at radius 3 is 2.33 bits per heavy atom. The van der Waals surface area contributed by atoms with Crippen molar-refractivity contribution in [2.75, 3.05) is 7.11 Å². The molecule has 4 N–H and O–H groups in total. The van der Waals surface area contributed by atoms with E-state index in [-0.39, 0.29) is 39.5 Å². The van der Waals surface area contributed by atoms with E-state index in [1.807, 2.05) is 0 Å². The number of rotatable bonds is 2. The van der Waals surface area contributed by atoms with Crippen molar-refractivity contribution in [1.82, 2.24) is 0 Å². The molecule has 0 radical (unpaired) electrons. The first-order chi connectivity index (χ1) is 11.3. The first kappa shape index (κ1) is 15.5. The van der Waals surface area contributed by atoms with Crippen molar-refractivity contribution in [3.05, 3.63) is 40.1 Å². The van der Waals surface area contributed by atoms with Crippen molar-refractivity contribution in [3.8, 4) is 40.1 Å². The molecule has 124 valence electrons. The van der Waals surface area contributed by atoms with Crippen LogP contribution in [0.2, 0.25) is 0 Å². The summed E-state index contributed by atoms with van der Waals surface area (Å²) in [6, 6.07) is 4.95. The minimum absolute atomic E-state index is 0.00273. The van der Waals surface area contributed by atoms with Gasteiger partial charge in [-0.2, -0.15) is 0 Å². The first-order valence-corrected chi connectivity index (χ1v) is 6.93. The highest BCUT2D eigenvalue weighted by molar-refractivity contribution is 5.90. The Hall–Kier alpha value is -3.35. The highest BCUT2D eigenvalue weighted by atomic mass is 16.5. The molecule has 0 aliphatic heterocycles. The maximum absolute atomic E-state index is 12.5. The number of benzene rings is 2. The van der Waals surface area contributed by atoms with Gasteiger partial charge in [0.05, 0.1) is 7.11 Å². The summed E-state index contributed by atoms with van der Waals surface area (Å²) in [5, 5.41) is 39.1. The Bertz CT molecular complexity index is 1020. The highest BCUT2D eigenvalue weighted by Gasteiger charge is 2.21. The molecule has 0 bridgehead atoms. The molecule has 1 heterocycles. The van der Waals surface area contributed by atoms with Gasteiger partial charge in [-0.1, -0.05) is 0 Å². The number of phenols is 3. The molecular formula is C17H14O7. The van der Waals surface area contributed by atoms with Crippen molar-refractivity contribution >= 4 is 11.0 Å². The standard InChI is InChI=1S/C17H14O7/c1-7-10(19)6-12-13(16(7)23-2)14(21)15(22)17(24-12)8-3-4-9(18)11(20)5-8/h3-6,18-20,22H,1-2H3. The van der Waals surface area contributed by atoms with Gasteiger partial charge in [0.1, 0.15) is 22.5 Å². The van der Waals surface area contributed by atoms with E-state index in [0.29, 0.717) is 5.56 Å². The average molecular weight is 330 g/mol. The lowest BCUT2D eigenvalue weighted by atomic mass is 10.1. The molecule has 3 aromatic rings. The summed E-state index contributed by atoms with van der Waals surface area (Å²) >= 11 is 0. The van der Waals surface area contributed by atoms with Crippen molar-refractivity contribution in [1.29, 1.82) is 0 Å². The fourth-order valence-corrected chi connectivity index (χ4v) is 2.51. The Morgan fingerprint density at radius 1 is 1.00 bits per heavy atom. The molecule has 0 aliphatic rings. The van der Waals surface area contributed by atoms with Crippen LogP contribution < -0.4 is 10.2 Å². The third kappa shape index (κ3) is 2.18. The van der Waals surface area contributed by atoms with Gasteiger partial charge in [0.2, 0.25) is 11.2 Å². The van der Waals surface area contributed by atoms with E-state index in [4.69, 9.17) is 9.15 Å². The van der Waals surface area contributed by atoms with E-state index in [1.165, 1.54) is 25.3 Å². The molecule has 24 heavy (non-hydrogen) atoms. The highest BCUT2D eigenvalue weighted by Crippen LogP contribution is 2.39. The van der Waals surface area contributed by atoms with Gasteiger partial charge in [-0.05, 0) is 25.1 Å². The summed E-state index contributed by atoms with van der Waals surface area (Å²) in [4.78, 5) is 12.5. The molecular weight excluding hydrogens is 316 g/mol. The second kappa shape index (κ2) is 5.38. The molecule has 0 aliphatic carbocycles. The van der Waals surface area contributed by atoms with Crippen LogP contribution in [0.5, 0.6) is 28.7 Å². The molecule has 0 atom stereocenters. The van der Waals surface area contributed by atoms with Crippen molar-refractivity contribution in [2.45, 2.75) is 6.92 Å². The fourth-order valence-electron chi connectivity index (χ4n) is 2.51. The second-order valence-electron chi connectivity index (χ2n) is 5.24. The summed E-state index contributed by atoms with van der Waals surface area (Å²) in [6.45, 7) is 1.57. The van der Waals surface area contributed by atoms with Gasteiger partial charge in [-0.25, -0.2) is 0 Å². The van der Waals surface area contributed by atoms with Gasteiger partial charge in [-0.15, -0.1) is 0 Å². The summed E-state index contributed by atoms with van der Waals surface area (Å²) < 4.78 is 10.7. The quantitative estimate of drug-likeness (QED) is 0.533. The van der Waals surface area contributed by atoms with Crippen LogP contribution in [-0.2, 0) is 0 Å². The Kier molecular flexibility index (Phi) is 3.48. The number of fused-ring (bicyclic) bond motifs is 1. The average Bonchev–Trinajstić information content (AvgIpc) is 2.55. The number of hydrogen-bond acceptors (Lipinski definition) is 7. The normalized spacial score (nSPS) is 10.9. The molecule has 0 unspecified atom stereocenters. The van der Waals surface area contributed by atoms with E-state index in [9.17, 15) is 25.2 Å². The van der Waals surface area contributed by atoms with Crippen LogP contribution in [0.1, 0.15) is 5.56 Å². The zero-order chi connectivity index (χ0) is 17.6. The zero-order valence-corrected chi connectivity index (χ0v) is 12.8. The van der Waals surface area contributed by atoms with E-state index < -0.39 is 16.9 Å². The zero-order valence-electron chi connectivity index (χ0n) is 12.8. The predicted molar refractivity (Wildman–Crippen MR) is 85.9 cm³/mol. The minimum atomic E-state index is -0.737. The van der Waals surface area contributed by atoms with E-state index >= 15 is 0 Å². The van der Waals surface area contributed by atoms with E-state index in [2.05, 4.69) is 0 Å². The lowest BCUT2D eigenvalue weighted by Crippen LogP contribution is -2.05. The maximum Gasteiger partial charge on any atom is 0.238 e. The summed E-state index contributed by atoms with van der Waals surface area (Å²) in [5.41, 5.74) is -0.202. The number of hydrogen-bond donors (Lipinski definition) is 4. The Morgan fingerprint density at radius 2 is 1.71 bits per heavy atom. The number of phenolic OH excluding ortho intramolecular Hbond substituents is 3. The van der Waals surface area contributed by atoms with Crippen molar-refractivity contribution < 1.29 is 29.6 Å². The molecule has 0 fully saturated rings. The maximum atomic E-state index is 12.5. The van der Waals surface area contributed by atoms with Gasteiger partial charge in [0.15, 0.2) is 17.3 Å². The summed E-state index contributed by atoms with van der Waals surface area (Å²) in [5.74, 6) is -1.68. The third-order valence-corrected chi connectivity index (χ3v) is 3.78. The lowest BCUT2D eigenvalue weighted by Gasteiger charge is -2.12. The fraction of sp³-hybridized carbons (Fsp3) is 0.118. The third-order valence-electron chi connectivity index (χ3n) is 3.78. The van der Waals surface area contributed by atoms with Crippen LogP contribution in [0, 0.1) is 6.92 Å². The van der Waals surface area contributed by atoms with Crippen LogP contribution in [0.3, 0.4) is 0 Å². The molecule has 7 nitrogen and oxygen atoms in total. The predicted octanol–water partition coefficient (Wildman–Crippen LogP) is 2.60. The van der Waals surface area contributed by atoms with Crippen LogP contribution in [-0.4, -0.2) is 27.5 Å². The monoisotopic (exact) mass is 330 g/mol.